The molecule has 0 radical (unpaired) electrons. The molecule has 1 rings (SSSR count). The number of rotatable bonds is 8. The van der Waals surface area contributed by atoms with E-state index in [1.807, 2.05) is 12.1 Å². The maximum Gasteiger partial charge on any atom is 0.123 e. The third-order valence-electron chi connectivity index (χ3n) is 4.09. The molecule has 1 aromatic carbocycles. The van der Waals surface area contributed by atoms with E-state index in [0.29, 0.717) is 6.04 Å². The topological polar surface area (TPSA) is 12.0 Å². The molecule has 0 aliphatic carbocycles. The van der Waals surface area contributed by atoms with Gasteiger partial charge in [0, 0.05) is 11.5 Å². The van der Waals surface area contributed by atoms with Crippen molar-refractivity contribution in [2.45, 2.75) is 58.4 Å². The van der Waals surface area contributed by atoms with Crippen LogP contribution in [0.4, 0.5) is 4.39 Å². The maximum atomic E-state index is 13.1. The van der Waals surface area contributed by atoms with E-state index in [-0.39, 0.29) is 11.2 Å². The largest absolute Gasteiger partial charge is 0.313 e. The van der Waals surface area contributed by atoms with Crippen molar-refractivity contribution in [2.75, 3.05) is 6.54 Å². The molecule has 1 nitrogen and oxygen atoms in total. The number of benzene rings is 1. The maximum absolute atomic E-state index is 13.1. The lowest BCUT2D eigenvalue weighted by Crippen LogP contribution is -2.45. The van der Waals surface area contributed by atoms with Crippen molar-refractivity contribution in [3.63, 3.8) is 0 Å². The zero-order valence-corrected chi connectivity index (χ0v) is 13.3. The first kappa shape index (κ1) is 16.9. The van der Waals surface area contributed by atoms with Crippen molar-refractivity contribution in [2.24, 2.45) is 0 Å². The van der Waals surface area contributed by atoms with Gasteiger partial charge in [-0.25, -0.2) is 4.39 Å². The third-order valence-corrected chi connectivity index (χ3v) is 4.09. The highest BCUT2D eigenvalue weighted by Crippen LogP contribution is 2.31. The summed E-state index contributed by atoms with van der Waals surface area (Å²) in [4.78, 5) is 0. The smallest absolute Gasteiger partial charge is 0.123 e. The van der Waals surface area contributed by atoms with Gasteiger partial charge in [0.1, 0.15) is 5.82 Å². The molecule has 0 spiro atoms. The van der Waals surface area contributed by atoms with Gasteiger partial charge in [-0.2, -0.15) is 0 Å². The van der Waals surface area contributed by atoms with E-state index in [9.17, 15) is 4.39 Å². The number of hydrogen-bond donors (Lipinski definition) is 1. The van der Waals surface area contributed by atoms with Crippen LogP contribution in [-0.2, 0) is 5.41 Å². The first-order chi connectivity index (χ1) is 9.41. The second-order valence-corrected chi connectivity index (χ2v) is 6.04. The SMILES string of the molecule is C=C(CC)CC(NCCC)C(C)(C)c1ccc(F)cc1. The van der Waals surface area contributed by atoms with Crippen LogP contribution < -0.4 is 5.32 Å². The molecular formula is C18H28FN. The van der Waals surface area contributed by atoms with E-state index in [4.69, 9.17) is 0 Å². The molecule has 0 saturated heterocycles. The Labute approximate surface area is 123 Å². The minimum atomic E-state index is -0.180. The highest BCUT2D eigenvalue weighted by molar-refractivity contribution is 5.27. The van der Waals surface area contributed by atoms with Crippen molar-refractivity contribution < 1.29 is 4.39 Å². The molecule has 0 heterocycles. The van der Waals surface area contributed by atoms with Gasteiger partial charge in [-0.05, 0) is 43.5 Å². The van der Waals surface area contributed by atoms with Gasteiger partial charge >= 0.3 is 0 Å². The van der Waals surface area contributed by atoms with Gasteiger partial charge in [-0.3, -0.25) is 0 Å². The summed E-state index contributed by atoms with van der Waals surface area (Å²) in [6.07, 6.45) is 3.07. The summed E-state index contributed by atoms with van der Waals surface area (Å²) < 4.78 is 13.1. The summed E-state index contributed by atoms with van der Waals surface area (Å²) in [5.41, 5.74) is 2.37. The average Bonchev–Trinajstić information content (AvgIpc) is 2.43. The molecule has 1 unspecified atom stereocenters. The predicted molar refractivity (Wildman–Crippen MR) is 85.6 cm³/mol. The molecule has 1 atom stereocenters. The van der Waals surface area contributed by atoms with Crippen molar-refractivity contribution in [3.8, 4) is 0 Å². The van der Waals surface area contributed by atoms with Gasteiger partial charge in [-0.15, -0.1) is 0 Å². The van der Waals surface area contributed by atoms with Crippen LogP contribution >= 0.6 is 0 Å². The second-order valence-electron chi connectivity index (χ2n) is 6.04. The molecule has 0 aromatic heterocycles. The minimum Gasteiger partial charge on any atom is -0.313 e. The summed E-state index contributed by atoms with van der Waals surface area (Å²) in [7, 11) is 0. The molecule has 1 N–H and O–H groups in total. The predicted octanol–water partition coefficient (Wildman–Crippen LogP) is 4.83. The zero-order chi connectivity index (χ0) is 15.2. The zero-order valence-electron chi connectivity index (χ0n) is 13.3. The van der Waals surface area contributed by atoms with Gasteiger partial charge in [0.2, 0.25) is 0 Å². The van der Waals surface area contributed by atoms with Crippen LogP contribution in [0.5, 0.6) is 0 Å². The minimum absolute atomic E-state index is 0.0546. The summed E-state index contributed by atoms with van der Waals surface area (Å²) in [5.74, 6) is -0.180. The van der Waals surface area contributed by atoms with Crippen LogP contribution in [0, 0.1) is 5.82 Å². The van der Waals surface area contributed by atoms with Gasteiger partial charge in [-0.1, -0.05) is 52.0 Å². The van der Waals surface area contributed by atoms with Crippen molar-refractivity contribution >= 4 is 0 Å². The first-order valence-corrected chi connectivity index (χ1v) is 7.57. The van der Waals surface area contributed by atoms with Crippen molar-refractivity contribution in [1.82, 2.24) is 5.32 Å². The Kier molecular flexibility index (Phi) is 6.41. The van der Waals surface area contributed by atoms with E-state index in [0.717, 1.165) is 31.4 Å². The molecule has 20 heavy (non-hydrogen) atoms. The van der Waals surface area contributed by atoms with Crippen LogP contribution in [0.15, 0.2) is 36.4 Å². The normalized spacial score (nSPS) is 13.2. The van der Waals surface area contributed by atoms with Gasteiger partial charge < -0.3 is 5.32 Å². The molecular weight excluding hydrogens is 249 g/mol. The summed E-state index contributed by atoms with van der Waals surface area (Å²) in [6.45, 7) is 13.9. The lowest BCUT2D eigenvalue weighted by molar-refractivity contribution is 0.335. The standard InChI is InChI=1S/C18H28FN/c1-6-12-20-17(13-14(3)7-2)18(4,5)15-8-10-16(19)11-9-15/h8-11,17,20H,3,6-7,12-13H2,1-2,4-5H3. The van der Waals surface area contributed by atoms with E-state index in [1.165, 1.54) is 5.57 Å². The Balaban J connectivity index is 2.95. The van der Waals surface area contributed by atoms with E-state index >= 15 is 0 Å². The first-order valence-electron chi connectivity index (χ1n) is 7.57. The Morgan fingerprint density at radius 1 is 1.25 bits per heavy atom. The summed E-state index contributed by atoms with van der Waals surface area (Å²) >= 11 is 0. The number of nitrogens with one attached hydrogen (secondary N) is 1. The number of hydrogen-bond acceptors (Lipinski definition) is 1. The van der Waals surface area contributed by atoms with Crippen LogP contribution in [0.2, 0.25) is 0 Å². The molecule has 0 bridgehead atoms. The van der Waals surface area contributed by atoms with E-state index in [2.05, 4.69) is 39.6 Å². The molecule has 0 aliphatic heterocycles. The molecule has 0 aliphatic rings. The highest BCUT2D eigenvalue weighted by atomic mass is 19.1. The van der Waals surface area contributed by atoms with Crippen LogP contribution in [0.1, 0.15) is 52.5 Å². The average molecular weight is 277 g/mol. The Hall–Kier alpha value is -1.15. The summed E-state index contributed by atoms with van der Waals surface area (Å²) in [6, 6.07) is 7.20. The monoisotopic (exact) mass is 277 g/mol. The van der Waals surface area contributed by atoms with Crippen LogP contribution in [0.3, 0.4) is 0 Å². The lowest BCUT2D eigenvalue weighted by Gasteiger charge is -2.36. The van der Waals surface area contributed by atoms with Gasteiger partial charge in [0.05, 0.1) is 0 Å². The molecule has 0 fully saturated rings. The van der Waals surface area contributed by atoms with Gasteiger partial charge in [0.15, 0.2) is 0 Å². The fourth-order valence-electron chi connectivity index (χ4n) is 2.41. The Morgan fingerprint density at radius 2 is 1.85 bits per heavy atom. The fraction of sp³-hybridized carbons (Fsp3) is 0.556. The fourth-order valence-corrected chi connectivity index (χ4v) is 2.41. The lowest BCUT2D eigenvalue weighted by atomic mass is 9.75. The highest BCUT2D eigenvalue weighted by Gasteiger charge is 2.30. The van der Waals surface area contributed by atoms with E-state index in [1.54, 1.807) is 12.1 Å². The van der Waals surface area contributed by atoms with Crippen LogP contribution in [0.25, 0.3) is 0 Å². The van der Waals surface area contributed by atoms with Crippen LogP contribution in [-0.4, -0.2) is 12.6 Å². The van der Waals surface area contributed by atoms with Crippen molar-refractivity contribution in [3.05, 3.63) is 47.8 Å². The third kappa shape index (κ3) is 4.45. The molecule has 1 aromatic rings. The molecule has 0 amide bonds. The Morgan fingerprint density at radius 3 is 2.35 bits per heavy atom. The summed E-state index contributed by atoms with van der Waals surface area (Å²) in [5, 5.41) is 3.63. The molecule has 0 saturated carbocycles. The van der Waals surface area contributed by atoms with E-state index < -0.39 is 0 Å². The quantitative estimate of drug-likeness (QED) is 0.671. The molecule has 2 heteroatoms. The second kappa shape index (κ2) is 7.58. The number of halogens is 1. The van der Waals surface area contributed by atoms with Crippen molar-refractivity contribution in [1.29, 1.82) is 0 Å². The molecule has 112 valence electrons. The Bertz CT molecular complexity index is 420. The van der Waals surface area contributed by atoms with Gasteiger partial charge in [0.25, 0.3) is 0 Å².